The van der Waals surface area contributed by atoms with Crippen molar-refractivity contribution < 1.29 is 8.42 Å². The van der Waals surface area contributed by atoms with Crippen LogP contribution in [0.2, 0.25) is 0 Å². The van der Waals surface area contributed by atoms with E-state index in [-0.39, 0.29) is 0 Å². The number of piperidine rings is 1. The molecule has 0 spiro atoms. The molecule has 19 heavy (non-hydrogen) atoms. The minimum Gasteiger partial charge on any atom is -0.309 e. The Balaban J connectivity index is 1.83. The summed E-state index contributed by atoms with van der Waals surface area (Å²) in [6.07, 6.45) is 3.38. The molecular weight excluding hydrogens is 280 g/mol. The Morgan fingerprint density at radius 1 is 1.58 bits per heavy atom. The number of hydrogen-bond acceptors (Lipinski definition) is 4. The first-order valence-corrected chi connectivity index (χ1v) is 9.41. The number of thiophene rings is 1. The summed E-state index contributed by atoms with van der Waals surface area (Å²) in [7, 11) is -3.03. The predicted molar refractivity (Wildman–Crippen MR) is 79.9 cm³/mol. The maximum absolute atomic E-state index is 11.6. The van der Waals surface area contributed by atoms with Crippen molar-refractivity contribution in [1.29, 1.82) is 0 Å². The lowest BCUT2D eigenvalue weighted by Crippen LogP contribution is -2.42. The number of hydrogen-bond donors (Lipinski definition) is 1. The van der Waals surface area contributed by atoms with E-state index < -0.39 is 10.0 Å². The fourth-order valence-corrected chi connectivity index (χ4v) is 4.18. The van der Waals surface area contributed by atoms with Gasteiger partial charge in [0.1, 0.15) is 0 Å². The zero-order valence-corrected chi connectivity index (χ0v) is 13.1. The van der Waals surface area contributed by atoms with E-state index in [0.29, 0.717) is 25.0 Å². The Morgan fingerprint density at radius 2 is 2.37 bits per heavy atom. The third kappa shape index (κ3) is 4.27. The van der Waals surface area contributed by atoms with Gasteiger partial charge in [-0.2, -0.15) is 0 Å². The monoisotopic (exact) mass is 302 g/mol. The van der Waals surface area contributed by atoms with Crippen molar-refractivity contribution in [3.8, 4) is 0 Å². The van der Waals surface area contributed by atoms with Gasteiger partial charge in [-0.3, -0.25) is 0 Å². The van der Waals surface area contributed by atoms with Crippen LogP contribution in [0.4, 0.5) is 0 Å². The summed E-state index contributed by atoms with van der Waals surface area (Å²) in [6, 6.07) is 4.53. The first kappa shape index (κ1) is 15.0. The molecule has 0 aliphatic carbocycles. The molecule has 1 aromatic heterocycles. The highest BCUT2D eigenvalue weighted by Crippen LogP contribution is 2.21. The second-order valence-corrected chi connectivity index (χ2v) is 8.24. The average Bonchev–Trinajstić information content (AvgIpc) is 2.89. The molecule has 1 saturated heterocycles. The van der Waals surface area contributed by atoms with Gasteiger partial charge >= 0.3 is 0 Å². The lowest BCUT2D eigenvalue weighted by Gasteiger charge is -2.31. The van der Waals surface area contributed by atoms with E-state index in [0.717, 1.165) is 19.4 Å². The predicted octanol–water partition coefficient (Wildman–Crippen LogP) is 2.07. The maximum atomic E-state index is 11.6. The number of nitrogens with one attached hydrogen (secondary N) is 1. The Labute approximate surface area is 119 Å². The van der Waals surface area contributed by atoms with Gasteiger partial charge in [0.2, 0.25) is 10.0 Å². The Morgan fingerprint density at radius 3 is 3.00 bits per heavy atom. The zero-order chi connectivity index (χ0) is 13.9. The second-order valence-electron chi connectivity index (χ2n) is 5.27. The van der Waals surface area contributed by atoms with Gasteiger partial charge in [0.25, 0.3) is 0 Å². The van der Waals surface area contributed by atoms with Crippen LogP contribution in [-0.4, -0.2) is 38.6 Å². The minimum atomic E-state index is -3.03. The van der Waals surface area contributed by atoms with Gasteiger partial charge in [0.15, 0.2) is 0 Å². The highest BCUT2D eigenvalue weighted by molar-refractivity contribution is 7.88. The van der Waals surface area contributed by atoms with Gasteiger partial charge in [-0.15, -0.1) is 11.3 Å². The molecule has 0 amide bonds. The van der Waals surface area contributed by atoms with Gasteiger partial charge in [0.05, 0.1) is 6.26 Å². The first-order valence-electron chi connectivity index (χ1n) is 6.68. The van der Waals surface area contributed by atoms with Crippen LogP contribution in [0, 0.1) is 5.92 Å². The Bertz CT molecular complexity index is 485. The molecule has 2 atom stereocenters. The zero-order valence-electron chi connectivity index (χ0n) is 11.5. The van der Waals surface area contributed by atoms with E-state index in [2.05, 4.69) is 29.8 Å². The normalized spacial score (nSPS) is 23.4. The quantitative estimate of drug-likeness (QED) is 0.906. The van der Waals surface area contributed by atoms with Crippen molar-refractivity contribution in [3.05, 3.63) is 22.4 Å². The van der Waals surface area contributed by atoms with Gasteiger partial charge in [-0.05, 0) is 43.7 Å². The van der Waals surface area contributed by atoms with Gasteiger partial charge in [-0.1, -0.05) is 6.07 Å². The molecule has 2 rings (SSSR count). The van der Waals surface area contributed by atoms with Crippen LogP contribution in [0.1, 0.15) is 30.7 Å². The first-order chi connectivity index (χ1) is 8.97. The minimum absolute atomic E-state index is 0.341. The fraction of sp³-hybridized carbons (Fsp3) is 0.692. The molecule has 0 radical (unpaired) electrons. The fourth-order valence-electron chi connectivity index (χ4n) is 2.48. The van der Waals surface area contributed by atoms with Crippen LogP contribution in [0.15, 0.2) is 17.5 Å². The Hall–Kier alpha value is -0.430. The number of sulfonamides is 1. The summed E-state index contributed by atoms with van der Waals surface area (Å²) in [4.78, 5) is 1.33. The van der Waals surface area contributed by atoms with Crippen molar-refractivity contribution in [1.82, 2.24) is 9.62 Å². The number of rotatable bonds is 5. The van der Waals surface area contributed by atoms with Crippen molar-refractivity contribution in [2.24, 2.45) is 5.92 Å². The van der Waals surface area contributed by atoms with Crippen LogP contribution in [0.3, 0.4) is 0 Å². The van der Waals surface area contributed by atoms with Crippen LogP contribution in [0.25, 0.3) is 0 Å². The molecule has 2 heterocycles. The molecule has 1 fully saturated rings. The summed E-state index contributed by atoms with van der Waals surface area (Å²) in [5.74, 6) is 0.422. The molecule has 1 aromatic rings. The Kier molecular flexibility index (Phi) is 5.00. The summed E-state index contributed by atoms with van der Waals surface area (Å²) < 4.78 is 24.7. The molecule has 1 unspecified atom stereocenters. The van der Waals surface area contributed by atoms with Crippen LogP contribution >= 0.6 is 11.3 Å². The van der Waals surface area contributed by atoms with E-state index in [4.69, 9.17) is 0 Å². The lowest BCUT2D eigenvalue weighted by molar-refractivity contribution is 0.257. The van der Waals surface area contributed by atoms with Crippen molar-refractivity contribution in [3.63, 3.8) is 0 Å². The highest BCUT2D eigenvalue weighted by Gasteiger charge is 2.25. The van der Waals surface area contributed by atoms with E-state index >= 15 is 0 Å². The lowest BCUT2D eigenvalue weighted by atomic mass is 9.99. The van der Waals surface area contributed by atoms with E-state index in [9.17, 15) is 8.42 Å². The smallest absolute Gasteiger partial charge is 0.211 e. The van der Waals surface area contributed by atoms with Crippen molar-refractivity contribution in [2.75, 3.05) is 25.9 Å². The standard InChI is InChI=1S/C13H22N2O2S2/c1-11(13-6-4-8-18-13)14-9-12-5-3-7-15(10-12)19(2,16)17/h4,6,8,11-12,14H,3,5,7,9-10H2,1-2H3/t11-,12?/m1/s1. The largest absolute Gasteiger partial charge is 0.309 e. The molecule has 108 valence electrons. The average molecular weight is 302 g/mol. The molecule has 4 nitrogen and oxygen atoms in total. The second kappa shape index (κ2) is 6.35. The van der Waals surface area contributed by atoms with Gasteiger partial charge in [-0.25, -0.2) is 12.7 Å². The van der Waals surface area contributed by atoms with E-state index in [1.807, 2.05) is 0 Å². The number of nitrogens with zero attached hydrogens (tertiary/aromatic N) is 1. The summed E-state index contributed by atoms with van der Waals surface area (Å²) in [5, 5.41) is 5.60. The molecule has 1 aliphatic rings. The highest BCUT2D eigenvalue weighted by atomic mass is 32.2. The summed E-state index contributed by atoms with van der Waals surface area (Å²) in [5.41, 5.74) is 0. The maximum Gasteiger partial charge on any atom is 0.211 e. The molecule has 0 saturated carbocycles. The third-order valence-corrected chi connectivity index (χ3v) is 5.96. The third-order valence-electron chi connectivity index (χ3n) is 3.63. The van der Waals surface area contributed by atoms with Gasteiger partial charge in [0, 0.05) is 24.0 Å². The van der Waals surface area contributed by atoms with Crippen molar-refractivity contribution >= 4 is 21.4 Å². The summed E-state index contributed by atoms with van der Waals surface area (Å²) in [6.45, 7) is 4.37. The summed E-state index contributed by atoms with van der Waals surface area (Å²) >= 11 is 1.75. The molecule has 1 N–H and O–H groups in total. The van der Waals surface area contributed by atoms with Crippen LogP contribution in [-0.2, 0) is 10.0 Å². The molecule has 1 aliphatic heterocycles. The van der Waals surface area contributed by atoms with Crippen molar-refractivity contribution in [2.45, 2.75) is 25.8 Å². The van der Waals surface area contributed by atoms with E-state index in [1.165, 1.54) is 11.1 Å². The molecule has 0 aromatic carbocycles. The van der Waals surface area contributed by atoms with Gasteiger partial charge < -0.3 is 5.32 Å². The topological polar surface area (TPSA) is 49.4 Å². The van der Waals surface area contributed by atoms with E-state index in [1.54, 1.807) is 15.6 Å². The SMILES string of the molecule is C[C@@H](NCC1CCCN(S(C)(=O)=O)C1)c1cccs1. The molecule has 0 bridgehead atoms. The molecular formula is C13H22N2O2S2. The van der Waals surface area contributed by atoms with Crippen LogP contribution < -0.4 is 5.32 Å². The van der Waals surface area contributed by atoms with Crippen LogP contribution in [0.5, 0.6) is 0 Å². The molecule has 6 heteroatoms.